The van der Waals surface area contributed by atoms with Gasteiger partial charge in [-0.1, -0.05) is 0 Å². The second kappa shape index (κ2) is 5.58. The Bertz CT molecular complexity index is 470. The summed E-state index contributed by atoms with van der Waals surface area (Å²) in [6.45, 7) is 1.37. The van der Waals surface area contributed by atoms with Gasteiger partial charge in [-0.15, -0.1) is 13.2 Å². The number of alkyl halides is 3. The summed E-state index contributed by atoms with van der Waals surface area (Å²) >= 11 is 0. The van der Waals surface area contributed by atoms with Crippen LogP contribution in [0.3, 0.4) is 0 Å². The number of halogens is 3. The number of hydrogen-bond acceptors (Lipinski definition) is 3. The number of anilines is 1. The fourth-order valence-corrected chi connectivity index (χ4v) is 2.19. The summed E-state index contributed by atoms with van der Waals surface area (Å²) in [5.74, 6) is -0.338. The fourth-order valence-electron chi connectivity index (χ4n) is 2.19. The standard InChI is InChI=1S/C12H14F3N3O2/c13-12(14,15)20-10-3-1-8(2-4-10)18(11(16)19)9-5-6-17-7-9/h1-4,9,17H,5-7H2,(H2,16,19). The highest BCUT2D eigenvalue weighted by Crippen LogP contribution is 2.26. The van der Waals surface area contributed by atoms with Crippen molar-refractivity contribution in [2.45, 2.75) is 18.8 Å². The van der Waals surface area contributed by atoms with Crippen molar-refractivity contribution in [3.8, 4) is 5.75 Å². The van der Waals surface area contributed by atoms with Crippen molar-refractivity contribution in [1.82, 2.24) is 5.32 Å². The molecule has 1 saturated heterocycles. The molecule has 1 heterocycles. The van der Waals surface area contributed by atoms with Crippen molar-refractivity contribution < 1.29 is 22.7 Å². The first-order valence-electron chi connectivity index (χ1n) is 6.02. The number of rotatable bonds is 3. The molecule has 0 spiro atoms. The highest BCUT2D eigenvalue weighted by Gasteiger charge is 2.31. The minimum atomic E-state index is -4.74. The van der Waals surface area contributed by atoms with Crippen molar-refractivity contribution in [2.75, 3.05) is 18.0 Å². The third kappa shape index (κ3) is 3.53. The van der Waals surface area contributed by atoms with Crippen LogP contribution in [-0.2, 0) is 0 Å². The van der Waals surface area contributed by atoms with E-state index in [1.54, 1.807) is 0 Å². The fraction of sp³-hybridized carbons (Fsp3) is 0.417. The average molecular weight is 289 g/mol. The number of carbonyl (C=O) groups is 1. The smallest absolute Gasteiger partial charge is 0.406 e. The average Bonchev–Trinajstić information content (AvgIpc) is 2.83. The van der Waals surface area contributed by atoms with E-state index in [0.29, 0.717) is 12.2 Å². The molecule has 0 bridgehead atoms. The second-order valence-corrected chi connectivity index (χ2v) is 4.40. The Morgan fingerprint density at radius 1 is 1.35 bits per heavy atom. The molecule has 2 rings (SSSR count). The van der Waals surface area contributed by atoms with Crippen molar-refractivity contribution in [2.24, 2.45) is 5.73 Å². The molecule has 110 valence electrons. The molecule has 5 nitrogen and oxygen atoms in total. The molecule has 1 unspecified atom stereocenters. The van der Waals surface area contributed by atoms with Gasteiger partial charge in [-0.3, -0.25) is 4.90 Å². The summed E-state index contributed by atoms with van der Waals surface area (Å²) in [5.41, 5.74) is 5.78. The highest BCUT2D eigenvalue weighted by atomic mass is 19.4. The van der Waals surface area contributed by atoms with E-state index in [0.717, 1.165) is 25.1 Å². The molecule has 0 radical (unpaired) electrons. The van der Waals surface area contributed by atoms with E-state index in [4.69, 9.17) is 5.73 Å². The van der Waals surface area contributed by atoms with Crippen LogP contribution in [0, 0.1) is 0 Å². The molecular weight excluding hydrogens is 275 g/mol. The van der Waals surface area contributed by atoms with E-state index in [2.05, 4.69) is 10.1 Å². The van der Waals surface area contributed by atoms with Crippen LogP contribution >= 0.6 is 0 Å². The largest absolute Gasteiger partial charge is 0.573 e. The number of nitrogens with two attached hydrogens (primary N) is 1. The summed E-state index contributed by atoms with van der Waals surface area (Å²) in [6.07, 6.45) is -4.00. The lowest BCUT2D eigenvalue weighted by Gasteiger charge is -2.26. The number of benzene rings is 1. The normalized spacial score (nSPS) is 18.9. The number of primary amides is 1. The molecule has 0 aromatic heterocycles. The van der Waals surface area contributed by atoms with E-state index < -0.39 is 12.4 Å². The summed E-state index contributed by atoms with van der Waals surface area (Å²) < 4.78 is 40.0. The van der Waals surface area contributed by atoms with Crippen LogP contribution in [0.15, 0.2) is 24.3 Å². The van der Waals surface area contributed by atoms with Crippen molar-refractivity contribution >= 4 is 11.7 Å². The Morgan fingerprint density at radius 2 is 2.00 bits per heavy atom. The molecule has 3 N–H and O–H groups in total. The first kappa shape index (κ1) is 14.4. The minimum absolute atomic E-state index is 0.0955. The van der Waals surface area contributed by atoms with Crippen molar-refractivity contribution in [3.63, 3.8) is 0 Å². The maximum atomic E-state index is 12.1. The molecule has 1 aliphatic heterocycles. The van der Waals surface area contributed by atoms with Crippen LogP contribution in [0.2, 0.25) is 0 Å². The predicted octanol–water partition coefficient (Wildman–Crippen LogP) is 1.83. The summed E-state index contributed by atoms with van der Waals surface area (Å²) in [6, 6.07) is 4.33. The third-order valence-electron chi connectivity index (χ3n) is 2.99. The Hall–Kier alpha value is -1.96. The van der Waals surface area contributed by atoms with E-state index in [-0.39, 0.29) is 11.8 Å². The third-order valence-corrected chi connectivity index (χ3v) is 2.99. The van der Waals surface area contributed by atoms with E-state index in [1.165, 1.54) is 17.0 Å². The van der Waals surface area contributed by atoms with Gasteiger partial charge in [-0.25, -0.2) is 4.79 Å². The van der Waals surface area contributed by atoms with Gasteiger partial charge in [0.25, 0.3) is 0 Å². The summed E-state index contributed by atoms with van der Waals surface area (Å²) in [4.78, 5) is 12.9. The van der Waals surface area contributed by atoms with Gasteiger partial charge in [0, 0.05) is 12.2 Å². The van der Waals surface area contributed by atoms with Gasteiger partial charge in [0.2, 0.25) is 0 Å². The zero-order valence-electron chi connectivity index (χ0n) is 10.5. The maximum absolute atomic E-state index is 12.1. The number of carbonyl (C=O) groups excluding carboxylic acids is 1. The topological polar surface area (TPSA) is 67.6 Å². The Kier molecular flexibility index (Phi) is 4.03. The molecule has 20 heavy (non-hydrogen) atoms. The number of nitrogens with zero attached hydrogens (tertiary/aromatic N) is 1. The molecule has 1 fully saturated rings. The number of ether oxygens (including phenoxy) is 1. The SMILES string of the molecule is NC(=O)N(c1ccc(OC(F)(F)F)cc1)C1CCNC1. The summed E-state index contributed by atoms with van der Waals surface area (Å²) in [5, 5.41) is 3.10. The zero-order chi connectivity index (χ0) is 14.8. The predicted molar refractivity (Wildman–Crippen MR) is 66.5 cm³/mol. The molecular formula is C12H14F3N3O2. The molecule has 0 saturated carbocycles. The lowest BCUT2D eigenvalue weighted by Crippen LogP contribution is -2.44. The number of urea groups is 1. The lowest BCUT2D eigenvalue weighted by atomic mass is 10.2. The van der Waals surface area contributed by atoms with Crippen LogP contribution in [0.1, 0.15) is 6.42 Å². The van der Waals surface area contributed by atoms with Crippen LogP contribution < -0.4 is 20.7 Å². The second-order valence-electron chi connectivity index (χ2n) is 4.40. The molecule has 1 atom stereocenters. The Morgan fingerprint density at radius 3 is 2.45 bits per heavy atom. The molecule has 1 aromatic carbocycles. The van der Waals surface area contributed by atoms with E-state index in [9.17, 15) is 18.0 Å². The van der Waals surface area contributed by atoms with Crippen LogP contribution in [0.5, 0.6) is 5.75 Å². The molecule has 1 aromatic rings. The lowest BCUT2D eigenvalue weighted by molar-refractivity contribution is -0.274. The number of hydrogen-bond donors (Lipinski definition) is 2. The quantitative estimate of drug-likeness (QED) is 0.892. The summed E-state index contributed by atoms with van der Waals surface area (Å²) in [7, 11) is 0. The zero-order valence-corrected chi connectivity index (χ0v) is 10.5. The van der Waals surface area contributed by atoms with Gasteiger partial charge >= 0.3 is 12.4 Å². The van der Waals surface area contributed by atoms with Gasteiger partial charge in [0.15, 0.2) is 0 Å². The van der Waals surface area contributed by atoms with Gasteiger partial charge in [-0.2, -0.15) is 0 Å². The monoisotopic (exact) mass is 289 g/mol. The van der Waals surface area contributed by atoms with Crippen LogP contribution in [-0.4, -0.2) is 31.5 Å². The van der Waals surface area contributed by atoms with Crippen molar-refractivity contribution in [3.05, 3.63) is 24.3 Å². The first-order chi connectivity index (χ1) is 9.37. The van der Waals surface area contributed by atoms with Gasteiger partial charge in [-0.05, 0) is 37.2 Å². The Labute approximate surface area is 113 Å². The minimum Gasteiger partial charge on any atom is -0.406 e. The van der Waals surface area contributed by atoms with E-state index >= 15 is 0 Å². The van der Waals surface area contributed by atoms with Gasteiger partial charge in [0.1, 0.15) is 5.75 Å². The van der Waals surface area contributed by atoms with E-state index in [1.807, 2.05) is 0 Å². The molecule has 1 aliphatic rings. The molecule has 8 heteroatoms. The molecule has 2 amide bonds. The Balaban J connectivity index is 2.16. The number of amides is 2. The van der Waals surface area contributed by atoms with Crippen LogP contribution in [0.25, 0.3) is 0 Å². The maximum Gasteiger partial charge on any atom is 0.573 e. The van der Waals surface area contributed by atoms with Gasteiger partial charge in [0.05, 0.1) is 6.04 Å². The molecule has 0 aliphatic carbocycles. The van der Waals surface area contributed by atoms with Crippen molar-refractivity contribution in [1.29, 1.82) is 0 Å². The highest BCUT2D eigenvalue weighted by molar-refractivity contribution is 5.91. The van der Waals surface area contributed by atoms with Crippen LogP contribution in [0.4, 0.5) is 23.7 Å². The first-order valence-corrected chi connectivity index (χ1v) is 6.02. The van der Waals surface area contributed by atoms with Gasteiger partial charge < -0.3 is 15.8 Å². The number of nitrogens with one attached hydrogen (secondary N) is 1.